The summed E-state index contributed by atoms with van der Waals surface area (Å²) in [5.74, 6) is -0.808. The van der Waals surface area contributed by atoms with Crippen LogP contribution in [0.3, 0.4) is 0 Å². The summed E-state index contributed by atoms with van der Waals surface area (Å²) in [5, 5.41) is 2.65. The van der Waals surface area contributed by atoms with Crippen LogP contribution in [0.2, 0.25) is 0 Å². The van der Waals surface area contributed by atoms with E-state index in [9.17, 15) is 9.59 Å². The second-order valence-electron chi connectivity index (χ2n) is 3.30. The second-order valence-corrected chi connectivity index (χ2v) is 5.73. The molecule has 82 valence electrons. The third kappa shape index (κ3) is 3.04. The van der Waals surface area contributed by atoms with Crippen LogP contribution < -0.4 is 11.1 Å². The Morgan fingerprint density at radius 1 is 1.53 bits per heavy atom. The van der Waals surface area contributed by atoms with Gasteiger partial charge in [0.15, 0.2) is 0 Å². The SMILES string of the molecule is CC(C)C(=O)Nc1cc(Br)sc1C(N)=O. The van der Waals surface area contributed by atoms with E-state index in [2.05, 4.69) is 21.2 Å². The predicted octanol–water partition coefficient (Wildman–Crippen LogP) is 2.20. The summed E-state index contributed by atoms with van der Waals surface area (Å²) >= 11 is 4.44. The van der Waals surface area contributed by atoms with Crippen molar-refractivity contribution in [2.75, 3.05) is 5.32 Å². The number of carbonyl (C=O) groups is 2. The van der Waals surface area contributed by atoms with Gasteiger partial charge in [0.2, 0.25) is 5.91 Å². The number of nitrogens with one attached hydrogen (secondary N) is 1. The zero-order valence-electron chi connectivity index (χ0n) is 8.33. The highest BCUT2D eigenvalue weighted by molar-refractivity contribution is 9.11. The number of thiophene rings is 1. The van der Waals surface area contributed by atoms with Gasteiger partial charge in [0.1, 0.15) is 4.88 Å². The van der Waals surface area contributed by atoms with Gasteiger partial charge in [0, 0.05) is 5.92 Å². The number of anilines is 1. The summed E-state index contributed by atoms with van der Waals surface area (Å²) in [6.07, 6.45) is 0. The van der Waals surface area contributed by atoms with Crippen molar-refractivity contribution in [1.29, 1.82) is 0 Å². The van der Waals surface area contributed by atoms with Gasteiger partial charge < -0.3 is 11.1 Å². The molecule has 0 aliphatic heterocycles. The molecule has 0 aliphatic rings. The highest BCUT2D eigenvalue weighted by atomic mass is 79.9. The minimum atomic E-state index is -0.537. The van der Waals surface area contributed by atoms with E-state index in [1.807, 2.05) is 0 Å². The number of nitrogens with two attached hydrogens (primary N) is 1. The number of amides is 2. The van der Waals surface area contributed by atoms with Crippen molar-refractivity contribution in [2.24, 2.45) is 11.7 Å². The number of hydrogen-bond acceptors (Lipinski definition) is 3. The molecule has 0 radical (unpaired) electrons. The summed E-state index contributed by atoms with van der Waals surface area (Å²) in [7, 11) is 0. The van der Waals surface area contributed by atoms with Gasteiger partial charge in [-0.2, -0.15) is 0 Å². The van der Waals surface area contributed by atoms with E-state index in [-0.39, 0.29) is 11.8 Å². The maximum Gasteiger partial charge on any atom is 0.260 e. The molecule has 6 heteroatoms. The van der Waals surface area contributed by atoms with E-state index in [0.29, 0.717) is 10.6 Å². The topological polar surface area (TPSA) is 72.2 Å². The molecule has 0 aromatic carbocycles. The van der Waals surface area contributed by atoms with Crippen molar-refractivity contribution in [1.82, 2.24) is 0 Å². The van der Waals surface area contributed by atoms with Gasteiger partial charge in [0.25, 0.3) is 5.91 Å². The Hall–Kier alpha value is -0.880. The van der Waals surface area contributed by atoms with Crippen molar-refractivity contribution in [3.63, 3.8) is 0 Å². The summed E-state index contributed by atoms with van der Waals surface area (Å²) in [6, 6.07) is 1.67. The molecular weight excluding hydrogens is 280 g/mol. The van der Waals surface area contributed by atoms with Crippen LogP contribution in [-0.4, -0.2) is 11.8 Å². The third-order valence-electron chi connectivity index (χ3n) is 1.71. The first-order valence-electron chi connectivity index (χ1n) is 4.31. The van der Waals surface area contributed by atoms with Crippen LogP contribution in [0.4, 0.5) is 5.69 Å². The summed E-state index contributed by atoms with van der Waals surface area (Å²) < 4.78 is 0.760. The highest BCUT2D eigenvalue weighted by Crippen LogP contribution is 2.31. The van der Waals surface area contributed by atoms with Gasteiger partial charge in [-0.3, -0.25) is 9.59 Å². The smallest absolute Gasteiger partial charge is 0.260 e. The Morgan fingerprint density at radius 2 is 2.13 bits per heavy atom. The van der Waals surface area contributed by atoms with Gasteiger partial charge in [-0.25, -0.2) is 0 Å². The molecule has 1 heterocycles. The van der Waals surface area contributed by atoms with Crippen molar-refractivity contribution < 1.29 is 9.59 Å². The van der Waals surface area contributed by atoms with E-state index in [0.717, 1.165) is 3.79 Å². The van der Waals surface area contributed by atoms with E-state index >= 15 is 0 Å². The van der Waals surface area contributed by atoms with E-state index in [1.165, 1.54) is 11.3 Å². The van der Waals surface area contributed by atoms with E-state index in [4.69, 9.17) is 5.73 Å². The molecular formula is C9H11BrN2O2S. The zero-order valence-corrected chi connectivity index (χ0v) is 10.7. The average Bonchev–Trinajstić information content (AvgIpc) is 2.46. The molecule has 0 saturated heterocycles. The lowest BCUT2D eigenvalue weighted by Gasteiger charge is -2.06. The highest BCUT2D eigenvalue weighted by Gasteiger charge is 2.16. The molecule has 0 spiro atoms. The van der Waals surface area contributed by atoms with Crippen LogP contribution in [0, 0.1) is 5.92 Å². The van der Waals surface area contributed by atoms with Gasteiger partial charge in [-0.05, 0) is 22.0 Å². The number of primary amides is 1. The van der Waals surface area contributed by atoms with Crippen molar-refractivity contribution in [3.05, 3.63) is 14.7 Å². The fraction of sp³-hybridized carbons (Fsp3) is 0.333. The number of rotatable bonds is 3. The van der Waals surface area contributed by atoms with E-state index < -0.39 is 5.91 Å². The van der Waals surface area contributed by atoms with Gasteiger partial charge in [-0.15, -0.1) is 11.3 Å². The van der Waals surface area contributed by atoms with Crippen molar-refractivity contribution in [3.8, 4) is 0 Å². The summed E-state index contributed by atoms with van der Waals surface area (Å²) in [4.78, 5) is 22.8. The molecule has 4 nitrogen and oxygen atoms in total. The predicted molar refractivity (Wildman–Crippen MR) is 64.0 cm³/mol. The summed E-state index contributed by atoms with van der Waals surface area (Å²) in [5.41, 5.74) is 5.65. The van der Waals surface area contributed by atoms with Gasteiger partial charge >= 0.3 is 0 Å². The standard InChI is InChI=1S/C9H11BrN2O2S/c1-4(2)9(14)12-5-3-6(10)15-7(5)8(11)13/h3-4H,1-2H3,(H2,11,13)(H,12,14). The Labute approximate surface area is 100.0 Å². The Kier molecular flexibility index (Phi) is 3.87. The average molecular weight is 291 g/mol. The molecule has 1 aromatic rings. The van der Waals surface area contributed by atoms with Crippen molar-refractivity contribution in [2.45, 2.75) is 13.8 Å². The first kappa shape index (κ1) is 12.2. The molecule has 0 bridgehead atoms. The number of carbonyl (C=O) groups excluding carboxylic acids is 2. The monoisotopic (exact) mass is 290 g/mol. The van der Waals surface area contributed by atoms with Crippen LogP contribution in [0.5, 0.6) is 0 Å². The molecule has 0 saturated carbocycles. The maximum absolute atomic E-state index is 11.4. The van der Waals surface area contributed by atoms with Crippen LogP contribution in [0.15, 0.2) is 9.85 Å². The largest absolute Gasteiger partial charge is 0.365 e. The minimum Gasteiger partial charge on any atom is -0.365 e. The second kappa shape index (κ2) is 4.76. The normalized spacial score (nSPS) is 10.4. The fourth-order valence-corrected chi connectivity index (χ4v) is 2.32. The van der Waals surface area contributed by atoms with Gasteiger partial charge in [-0.1, -0.05) is 13.8 Å². The molecule has 1 rings (SSSR count). The molecule has 15 heavy (non-hydrogen) atoms. The quantitative estimate of drug-likeness (QED) is 0.896. The molecule has 0 aliphatic carbocycles. The van der Waals surface area contributed by atoms with E-state index in [1.54, 1.807) is 19.9 Å². The first-order valence-corrected chi connectivity index (χ1v) is 5.92. The molecule has 0 fully saturated rings. The third-order valence-corrected chi connectivity index (χ3v) is 3.36. The zero-order chi connectivity index (χ0) is 11.6. The lowest BCUT2D eigenvalue weighted by Crippen LogP contribution is -2.20. The lowest BCUT2D eigenvalue weighted by molar-refractivity contribution is -0.118. The molecule has 0 unspecified atom stereocenters. The lowest BCUT2D eigenvalue weighted by atomic mass is 10.2. The molecule has 2 amide bonds. The number of hydrogen-bond donors (Lipinski definition) is 2. The Bertz CT molecular complexity index is 401. The maximum atomic E-state index is 11.4. The molecule has 3 N–H and O–H groups in total. The van der Waals surface area contributed by atoms with Crippen LogP contribution in [0.25, 0.3) is 0 Å². The van der Waals surface area contributed by atoms with Gasteiger partial charge in [0.05, 0.1) is 9.47 Å². The molecule has 0 atom stereocenters. The number of halogens is 1. The van der Waals surface area contributed by atoms with Crippen LogP contribution >= 0.6 is 27.3 Å². The minimum absolute atomic E-state index is 0.135. The fourth-order valence-electron chi connectivity index (χ4n) is 0.914. The first-order chi connectivity index (χ1) is 6.91. The Balaban J connectivity index is 2.94. The van der Waals surface area contributed by atoms with Crippen LogP contribution in [0.1, 0.15) is 23.5 Å². The molecule has 1 aromatic heterocycles. The van der Waals surface area contributed by atoms with Crippen molar-refractivity contribution >= 4 is 44.8 Å². The summed E-state index contributed by atoms with van der Waals surface area (Å²) in [6.45, 7) is 3.56. The Morgan fingerprint density at radius 3 is 2.60 bits per heavy atom. The van der Waals surface area contributed by atoms with Crippen LogP contribution in [-0.2, 0) is 4.79 Å².